The van der Waals surface area contributed by atoms with Crippen LogP contribution in [-0.4, -0.2) is 19.5 Å². The molecule has 0 fully saturated rings. The molecule has 0 saturated carbocycles. The van der Waals surface area contributed by atoms with Crippen molar-refractivity contribution in [2.75, 3.05) is 0 Å². The number of furan rings is 1. The van der Waals surface area contributed by atoms with Gasteiger partial charge in [0.05, 0.1) is 16.6 Å². The molecule has 5 nitrogen and oxygen atoms in total. The molecule has 0 aliphatic carbocycles. The smallest absolute Gasteiger partial charge is 0.167 e. The standard InChI is InChI=1S/C45H28N4O/c1-3-13-29(14-4-1)30-15-11-16-31(27-30)43-46-44(48-45(47-43)37-22-12-21-36-35-20-8-10-24-41(35)50-42(36)37)32-25-26-40-38(28-32)34-19-7-9-23-39(34)49(40)33-17-5-2-6-18-33/h1-28H. The SMILES string of the molecule is c1ccc(-c2cccc(-c3nc(-c4ccc5c(c4)c4ccccc4n5-c4ccccc4)nc(-c4cccc5c4oc4ccccc45)n3)c2)cc1. The first-order chi connectivity index (χ1) is 24.8. The van der Waals surface area contributed by atoms with Gasteiger partial charge in [0.1, 0.15) is 11.2 Å². The lowest BCUT2D eigenvalue weighted by Crippen LogP contribution is -2.00. The molecule has 0 atom stereocenters. The maximum absolute atomic E-state index is 6.45. The third kappa shape index (κ3) is 4.60. The molecule has 0 amide bonds. The van der Waals surface area contributed by atoms with Gasteiger partial charge in [-0.2, -0.15) is 0 Å². The van der Waals surface area contributed by atoms with Crippen molar-refractivity contribution in [1.82, 2.24) is 19.5 Å². The molecule has 5 heteroatoms. The van der Waals surface area contributed by atoms with Crippen molar-refractivity contribution < 1.29 is 4.42 Å². The normalized spacial score (nSPS) is 11.6. The Morgan fingerprint density at radius 2 is 0.980 bits per heavy atom. The molecule has 7 aromatic carbocycles. The molecular formula is C45H28N4O. The van der Waals surface area contributed by atoms with Crippen molar-refractivity contribution in [3.63, 3.8) is 0 Å². The maximum atomic E-state index is 6.45. The first-order valence-electron chi connectivity index (χ1n) is 16.7. The molecule has 10 aromatic rings. The summed E-state index contributed by atoms with van der Waals surface area (Å²) < 4.78 is 8.77. The number of nitrogens with zero attached hydrogens (tertiary/aromatic N) is 4. The number of para-hydroxylation sites is 4. The average molecular weight is 641 g/mol. The minimum Gasteiger partial charge on any atom is -0.455 e. The Morgan fingerprint density at radius 1 is 0.380 bits per heavy atom. The Morgan fingerprint density at radius 3 is 1.82 bits per heavy atom. The van der Waals surface area contributed by atoms with Crippen LogP contribution < -0.4 is 0 Å². The highest BCUT2D eigenvalue weighted by Crippen LogP contribution is 2.38. The van der Waals surface area contributed by atoms with Crippen LogP contribution >= 0.6 is 0 Å². The van der Waals surface area contributed by atoms with Gasteiger partial charge in [-0.1, -0.05) is 115 Å². The van der Waals surface area contributed by atoms with Crippen LogP contribution in [0.4, 0.5) is 0 Å². The molecule has 234 valence electrons. The topological polar surface area (TPSA) is 56.7 Å². The third-order valence-electron chi connectivity index (χ3n) is 9.45. The van der Waals surface area contributed by atoms with Crippen LogP contribution in [0.5, 0.6) is 0 Å². The first kappa shape index (κ1) is 28.2. The van der Waals surface area contributed by atoms with Gasteiger partial charge in [-0.05, 0) is 65.7 Å². The fraction of sp³-hybridized carbons (Fsp3) is 0. The lowest BCUT2D eigenvalue weighted by molar-refractivity contribution is 0.669. The molecule has 0 aliphatic heterocycles. The number of aromatic nitrogens is 4. The van der Waals surface area contributed by atoms with Gasteiger partial charge in [0.15, 0.2) is 17.5 Å². The Bertz CT molecular complexity index is 2870. The summed E-state index contributed by atoms with van der Waals surface area (Å²) in [5.74, 6) is 1.76. The lowest BCUT2D eigenvalue weighted by Gasteiger charge is -2.11. The molecule has 0 unspecified atom stereocenters. The van der Waals surface area contributed by atoms with E-state index in [1.54, 1.807) is 0 Å². The van der Waals surface area contributed by atoms with E-state index in [1.165, 1.54) is 5.39 Å². The molecule has 0 spiro atoms. The minimum atomic E-state index is 0.562. The predicted octanol–water partition coefficient (Wildman–Crippen LogP) is 11.5. The Kier molecular flexibility index (Phi) is 6.42. The van der Waals surface area contributed by atoms with E-state index >= 15 is 0 Å². The Balaban J connectivity index is 1.21. The fourth-order valence-electron chi connectivity index (χ4n) is 7.11. The van der Waals surface area contributed by atoms with Crippen LogP contribution in [0.25, 0.3) is 94.7 Å². The molecular weight excluding hydrogens is 613 g/mol. The number of rotatable bonds is 5. The van der Waals surface area contributed by atoms with Crippen LogP contribution in [-0.2, 0) is 0 Å². The molecule has 10 rings (SSSR count). The van der Waals surface area contributed by atoms with Gasteiger partial charge in [0.25, 0.3) is 0 Å². The Labute approximate surface area is 287 Å². The fourth-order valence-corrected chi connectivity index (χ4v) is 7.11. The number of benzene rings is 7. The van der Waals surface area contributed by atoms with Gasteiger partial charge in [-0.15, -0.1) is 0 Å². The zero-order chi connectivity index (χ0) is 33.0. The number of hydrogen-bond acceptors (Lipinski definition) is 4. The average Bonchev–Trinajstić information content (AvgIpc) is 3.74. The van der Waals surface area contributed by atoms with Crippen LogP contribution in [0.15, 0.2) is 174 Å². The van der Waals surface area contributed by atoms with Crippen molar-refractivity contribution in [2.45, 2.75) is 0 Å². The van der Waals surface area contributed by atoms with Crippen molar-refractivity contribution in [1.29, 1.82) is 0 Å². The second-order valence-electron chi connectivity index (χ2n) is 12.5. The molecule has 0 radical (unpaired) electrons. The zero-order valence-electron chi connectivity index (χ0n) is 26.9. The summed E-state index contributed by atoms with van der Waals surface area (Å²) in [6, 6.07) is 58.6. The van der Waals surface area contributed by atoms with E-state index in [-0.39, 0.29) is 0 Å². The number of fused-ring (bicyclic) bond motifs is 6. The second kappa shape index (κ2) is 11.4. The van der Waals surface area contributed by atoms with E-state index in [0.29, 0.717) is 17.5 Å². The highest BCUT2D eigenvalue weighted by molar-refractivity contribution is 6.11. The van der Waals surface area contributed by atoms with Crippen molar-refractivity contribution in [2.24, 2.45) is 0 Å². The van der Waals surface area contributed by atoms with Crippen molar-refractivity contribution in [3.05, 3.63) is 170 Å². The summed E-state index contributed by atoms with van der Waals surface area (Å²) in [7, 11) is 0. The van der Waals surface area contributed by atoms with Crippen LogP contribution in [0, 0.1) is 0 Å². The lowest BCUT2D eigenvalue weighted by atomic mass is 10.0. The molecule has 3 heterocycles. The molecule has 0 aliphatic rings. The van der Waals surface area contributed by atoms with Gasteiger partial charge >= 0.3 is 0 Å². The van der Waals surface area contributed by atoms with Gasteiger partial charge in [-0.25, -0.2) is 15.0 Å². The minimum absolute atomic E-state index is 0.562. The van der Waals surface area contributed by atoms with Crippen molar-refractivity contribution >= 4 is 43.7 Å². The largest absolute Gasteiger partial charge is 0.455 e. The number of hydrogen-bond donors (Lipinski definition) is 0. The van der Waals surface area contributed by atoms with Crippen LogP contribution in [0.3, 0.4) is 0 Å². The van der Waals surface area contributed by atoms with E-state index in [0.717, 1.165) is 71.9 Å². The van der Waals surface area contributed by atoms with E-state index in [2.05, 4.69) is 132 Å². The maximum Gasteiger partial charge on any atom is 0.167 e. The molecule has 0 bridgehead atoms. The second-order valence-corrected chi connectivity index (χ2v) is 12.5. The molecule has 3 aromatic heterocycles. The summed E-state index contributed by atoms with van der Waals surface area (Å²) in [4.78, 5) is 15.4. The van der Waals surface area contributed by atoms with E-state index in [9.17, 15) is 0 Å². The molecule has 0 N–H and O–H groups in total. The van der Waals surface area contributed by atoms with Gasteiger partial charge < -0.3 is 8.98 Å². The third-order valence-corrected chi connectivity index (χ3v) is 9.45. The van der Waals surface area contributed by atoms with Gasteiger partial charge in [0, 0.05) is 38.4 Å². The summed E-state index contributed by atoms with van der Waals surface area (Å²) in [6.07, 6.45) is 0. The highest BCUT2D eigenvalue weighted by atomic mass is 16.3. The molecule has 0 saturated heterocycles. The van der Waals surface area contributed by atoms with E-state index < -0.39 is 0 Å². The van der Waals surface area contributed by atoms with Gasteiger partial charge in [-0.3, -0.25) is 0 Å². The van der Waals surface area contributed by atoms with Gasteiger partial charge in [0.2, 0.25) is 0 Å². The van der Waals surface area contributed by atoms with E-state index in [1.807, 2.05) is 42.5 Å². The van der Waals surface area contributed by atoms with Crippen LogP contribution in [0.2, 0.25) is 0 Å². The first-order valence-corrected chi connectivity index (χ1v) is 16.7. The monoisotopic (exact) mass is 640 g/mol. The van der Waals surface area contributed by atoms with Crippen LogP contribution in [0.1, 0.15) is 0 Å². The summed E-state index contributed by atoms with van der Waals surface area (Å²) in [5.41, 5.74) is 9.87. The Hall–Kier alpha value is -6.85. The quantitative estimate of drug-likeness (QED) is 0.188. The summed E-state index contributed by atoms with van der Waals surface area (Å²) in [5, 5.41) is 4.40. The predicted molar refractivity (Wildman–Crippen MR) is 203 cm³/mol. The zero-order valence-corrected chi connectivity index (χ0v) is 26.9. The highest BCUT2D eigenvalue weighted by Gasteiger charge is 2.19. The molecule has 50 heavy (non-hydrogen) atoms. The summed E-state index contributed by atoms with van der Waals surface area (Å²) in [6.45, 7) is 0. The summed E-state index contributed by atoms with van der Waals surface area (Å²) >= 11 is 0. The van der Waals surface area contributed by atoms with E-state index in [4.69, 9.17) is 19.4 Å². The van der Waals surface area contributed by atoms with Crippen molar-refractivity contribution in [3.8, 4) is 51.0 Å².